The second kappa shape index (κ2) is 7.54. The van der Waals surface area contributed by atoms with E-state index in [4.69, 9.17) is 9.15 Å². The van der Waals surface area contributed by atoms with Crippen molar-refractivity contribution in [3.8, 4) is 0 Å². The van der Waals surface area contributed by atoms with E-state index in [2.05, 4.69) is 5.32 Å². The Morgan fingerprint density at radius 2 is 1.94 bits per heavy atom. The predicted octanol–water partition coefficient (Wildman–Crippen LogP) is 4.12. The molecule has 8 heteroatoms. The summed E-state index contributed by atoms with van der Waals surface area (Å²) in [5, 5.41) is 15.3. The van der Waals surface area contributed by atoms with E-state index in [1.165, 1.54) is 35.4 Å². The third-order valence-electron chi connectivity index (χ3n) is 5.77. The molecular formula is C23H20N2O6. The number of esters is 1. The molecule has 5 rings (SSSR count). The summed E-state index contributed by atoms with van der Waals surface area (Å²) in [6, 6.07) is 9.70. The van der Waals surface area contributed by atoms with Crippen LogP contribution in [-0.2, 0) is 24.2 Å². The second-order valence-corrected chi connectivity index (χ2v) is 8.05. The summed E-state index contributed by atoms with van der Waals surface area (Å²) in [6.07, 6.45) is 4.93. The summed E-state index contributed by atoms with van der Waals surface area (Å²) in [6.45, 7) is -0.129. The molecule has 0 radical (unpaired) electrons. The highest BCUT2D eigenvalue weighted by atomic mass is 16.6. The summed E-state index contributed by atoms with van der Waals surface area (Å²) in [5.74, 6) is -0.691. The largest absolute Gasteiger partial charge is 0.457 e. The summed E-state index contributed by atoms with van der Waals surface area (Å²) in [7, 11) is 0. The Hall–Kier alpha value is -3.68. The first kappa shape index (κ1) is 19.3. The van der Waals surface area contributed by atoms with Crippen molar-refractivity contribution in [2.45, 2.75) is 44.8 Å². The molecule has 1 aromatic heterocycles. The molecule has 1 heterocycles. The number of fused-ring (bicyclic) bond motifs is 2. The molecule has 1 N–H and O–H groups in total. The van der Waals surface area contributed by atoms with Gasteiger partial charge in [-0.25, -0.2) is 9.59 Å². The number of nitrogens with one attached hydrogen (secondary N) is 1. The Kier molecular flexibility index (Phi) is 4.69. The van der Waals surface area contributed by atoms with Crippen LogP contribution in [0.4, 0.5) is 11.4 Å². The van der Waals surface area contributed by atoms with E-state index < -0.39 is 16.5 Å². The van der Waals surface area contributed by atoms with Crippen LogP contribution in [0.3, 0.4) is 0 Å². The molecule has 0 atom stereocenters. The van der Waals surface area contributed by atoms with Crippen LogP contribution in [0.2, 0.25) is 0 Å². The number of nitro groups is 1. The van der Waals surface area contributed by atoms with E-state index in [0.29, 0.717) is 16.8 Å². The van der Waals surface area contributed by atoms with E-state index in [-0.39, 0.29) is 23.9 Å². The van der Waals surface area contributed by atoms with Crippen molar-refractivity contribution in [2.75, 3.05) is 5.32 Å². The normalized spacial score (nSPS) is 15.0. The third-order valence-corrected chi connectivity index (χ3v) is 5.77. The number of hydrogen-bond donors (Lipinski definition) is 1. The maximum absolute atomic E-state index is 12.6. The Morgan fingerprint density at radius 1 is 1.16 bits per heavy atom. The van der Waals surface area contributed by atoms with E-state index in [1.807, 2.05) is 12.1 Å². The molecule has 0 unspecified atom stereocenters. The van der Waals surface area contributed by atoms with Gasteiger partial charge in [0.2, 0.25) is 0 Å². The topological polar surface area (TPSA) is 112 Å². The summed E-state index contributed by atoms with van der Waals surface area (Å²) >= 11 is 0. The zero-order valence-corrected chi connectivity index (χ0v) is 16.7. The van der Waals surface area contributed by atoms with Crippen LogP contribution in [0, 0.1) is 10.1 Å². The number of carbonyl (C=O) groups is 1. The van der Waals surface area contributed by atoms with Crippen LogP contribution in [0.5, 0.6) is 0 Å². The smallest absolute Gasteiger partial charge is 0.338 e. The lowest BCUT2D eigenvalue weighted by Crippen LogP contribution is -2.10. The number of nitrogens with zero attached hydrogens (tertiary/aromatic N) is 1. The number of hydrogen-bond acceptors (Lipinski definition) is 7. The molecule has 0 bridgehead atoms. The van der Waals surface area contributed by atoms with Gasteiger partial charge in [0.15, 0.2) is 0 Å². The van der Waals surface area contributed by atoms with Gasteiger partial charge in [-0.3, -0.25) is 10.1 Å². The molecule has 0 saturated heterocycles. The lowest BCUT2D eigenvalue weighted by atomic mass is 10.0. The highest BCUT2D eigenvalue weighted by Crippen LogP contribution is 2.32. The summed E-state index contributed by atoms with van der Waals surface area (Å²) in [5.41, 5.74) is 3.22. The number of carbonyl (C=O) groups excluding carboxylic acids is 1. The highest BCUT2D eigenvalue weighted by Gasteiger charge is 2.26. The molecule has 0 aliphatic heterocycles. The maximum atomic E-state index is 12.6. The van der Waals surface area contributed by atoms with Crippen LogP contribution < -0.4 is 10.9 Å². The molecular weight excluding hydrogens is 400 g/mol. The monoisotopic (exact) mass is 420 g/mol. The fourth-order valence-electron chi connectivity index (χ4n) is 4.02. The molecule has 3 aromatic rings. The van der Waals surface area contributed by atoms with Crippen LogP contribution in [0.1, 0.15) is 46.3 Å². The molecule has 2 aromatic carbocycles. The number of ether oxygens (including phenoxy) is 1. The summed E-state index contributed by atoms with van der Waals surface area (Å²) < 4.78 is 10.7. The van der Waals surface area contributed by atoms with Gasteiger partial charge in [-0.05, 0) is 67.5 Å². The van der Waals surface area contributed by atoms with E-state index in [0.717, 1.165) is 37.5 Å². The van der Waals surface area contributed by atoms with Crippen molar-refractivity contribution in [3.05, 3.63) is 79.2 Å². The van der Waals surface area contributed by atoms with Crippen molar-refractivity contribution >= 4 is 28.3 Å². The van der Waals surface area contributed by atoms with Crippen LogP contribution in [-0.4, -0.2) is 16.9 Å². The molecule has 158 valence electrons. The van der Waals surface area contributed by atoms with Crippen LogP contribution in [0.25, 0.3) is 11.0 Å². The van der Waals surface area contributed by atoms with Crippen molar-refractivity contribution in [1.29, 1.82) is 0 Å². The summed E-state index contributed by atoms with van der Waals surface area (Å²) in [4.78, 5) is 35.5. The number of aryl methyl sites for hydroxylation is 2. The molecule has 31 heavy (non-hydrogen) atoms. The molecule has 2 aliphatic rings. The lowest BCUT2D eigenvalue weighted by Gasteiger charge is -2.10. The number of nitro benzene ring substituents is 1. The van der Waals surface area contributed by atoms with Gasteiger partial charge < -0.3 is 14.5 Å². The molecule has 0 spiro atoms. The minimum atomic E-state index is -0.691. The lowest BCUT2D eigenvalue weighted by molar-refractivity contribution is -0.384. The Labute approximate surface area is 177 Å². The van der Waals surface area contributed by atoms with Gasteiger partial charge in [0.25, 0.3) is 5.69 Å². The van der Waals surface area contributed by atoms with Gasteiger partial charge >= 0.3 is 11.6 Å². The van der Waals surface area contributed by atoms with Crippen molar-refractivity contribution in [1.82, 2.24) is 0 Å². The zero-order chi connectivity index (χ0) is 21.5. The van der Waals surface area contributed by atoms with E-state index >= 15 is 0 Å². The molecule has 2 aliphatic carbocycles. The average Bonchev–Trinajstić information content (AvgIpc) is 3.44. The van der Waals surface area contributed by atoms with Crippen LogP contribution >= 0.6 is 0 Å². The minimum absolute atomic E-state index is 0.0845. The molecule has 8 nitrogen and oxygen atoms in total. The Morgan fingerprint density at radius 3 is 2.68 bits per heavy atom. The molecule has 1 fully saturated rings. The van der Waals surface area contributed by atoms with Crippen LogP contribution in [0.15, 0.2) is 45.6 Å². The zero-order valence-electron chi connectivity index (χ0n) is 16.7. The number of rotatable bonds is 6. The Bertz CT molecular complexity index is 1280. The van der Waals surface area contributed by atoms with E-state index in [1.54, 1.807) is 0 Å². The van der Waals surface area contributed by atoms with Crippen molar-refractivity contribution in [3.63, 3.8) is 0 Å². The second-order valence-electron chi connectivity index (χ2n) is 8.05. The first-order valence-electron chi connectivity index (χ1n) is 10.3. The maximum Gasteiger partial charge on any atom is 0.338 e. The Balaban J connectivity index is 1.39. The average molecular weight is 420 g/mol. The third kappa shape index (κ3) is 3.88. The van der Waals surface area contributed by atoms with Crippen molar-refractivity contribution in [2.24, 2.45) is 0 Å². The fraction of sp³-hybridized carbons (Fsp3) is 0.304. The van der Waals surface area contributed by atoms with E-state index in [9.17, 15) is 19.7 Å². The number of anilines is 1. The predicted molar refractivity (Wildman–Crippen MR) is 113 cm³/mol. The molecule has 1 saturated carbocycles. The van der Waals surface area contributed by atoms with Gasteiger partial charge in [-0.15, -0.1) is 0 Å². The van der Waals surface area contributed by atoms with Gasteiger partial charge in [0, 0.05) is 29.1 Å². The standard InChI is InChI=1S/C23H20N2O6/c26-22-11-16(18-8-13-2-1-3-14(13)10-21(18)31-22)12-30-23(27)15-4-7-19(24-17-5-6-17)20(9-15)25(28)29/h4,7-11,17,24H,1-3,5-6,12H2. The van der Waals surface area contributed by atoms with Gasteiger partial charge in [0.1, 0.15) is 17.9 Å². The minimum Gasteiger partial charge on any atom is -0.457 e. The van der Waals surface area contributed by atoms with Gasteiger partial charge in [-0.1, -0.05) is 0 Å². The quantitative estimate of drug-likeness (QED) is 0.276. The van der Waals surface area contributed by atoms with Crippen molar-refractivity contribution < 1.29 is 18.9 Å². The fourth-order valence-corrected chi connectivity index (χ4v) is 4.02. The number of benzene rings is 2. The van der Waals surface area contributed by atoms with Gasteiger partial charge in [-0.2, -0.15) is 0 Å². The first-order chi connectivity index (χ1) is 15.0. The molecule has 0 amide bonds. The van der Waals surface area contributed by atoms with Gasteiger partial charge in [0.05, 0.1) is 10.5 Å². The first-order valence-corrected chi connectivity index (χ1v) is 10.3. The highest BCUT2D eigenvalue weighted by molar-refractivity contribution is 5.91. The SMILES string of the molecule is O=C(OCc1cc(=O)oc2cc3c(cc12)CCC3)c1ccc(NC2CC2)c([N+](=O)[O-])c1.